The highest BCUT2D eigenvalue weighted by Gasteiger charge is 2.07. The lowest BCUT2D eigenvalue weighted by molar-refractivity contribution is 0.101. The lowest BCUT2D eigenvalue weighted by Crippen LogP contribution is -2.05. The molecule has 0 fully saturated rings. The van der Waals surface area contributed by atoms with Gasteiger partial charge in [-0.05, 0) is 25.5 Å². The van der Waals surface area contributed by atoms with Crippen LogP contribution in [0.5, 0.6) is 0 Å². The van der Waals surface area contributed by atoms with E-state index in [-0.39, 0.29) is 5.78 Å². The zero-order valence-corrected chi connectivity index (χ0v) is 9.84. The predicted octanol–water partition coefficient (Wildman–Crippen LogP) is 1.97. The third-order valence-electron chi connectivity index (χ3n) is 2.49. The minimum atomic E-state index is -0.00423. The molecule has 0 aliphatic heterocycles. The highest BCUT2D eigenvalue weighted by Crippen LogP contribution is 2.08. The monoisotopic (exact) mass is 227 g/mol. The third-order valence-corrected chi connectivity index (χ3v) is 2.49. The predicted molar refractivity (Wildman–Crippen MR) is 63.8 cm³/mol. The molecule has 0 aliphatic carbocycles. The number of rotatable bonds is 3. The topological polar surface area (TPSA) is 55.7 Å². The Morgan fingerprint density at radius 2 is 2.18 bits per heavy atom. The zero-order valence-electron chi connectivity index (χ0n) is 9.84. The molecule has 0 amide bonds. The van der Waals surface area contributed by atoms with E-state index >= 15 is 0 Å². The fourth-order valence-corrected chi connectivity index (χ4v) is 1.63. The molecule has 0 aromatic carbocycles. The third kappa shape index (κ3) is 2.72. The lowest BCUT2D eigenvalue weighted by atomic mass is 10.1. The fraction of sp³-hybridized carbons (Fsp3) is 0.231. The minimum absolute atomic E-state index is 0.00423. The number of aryl methyl sites for hydroxylation is 1. The van der Waals surface area contributed by atoms with Crippen molar-refractivity contribution in [3.8, 4) is 0 Å². The van der Waals surface area contributed by atoms with Crippen LogP contribution in [0.2, 0.25) is 0 Å². The van der Waals surface area contributed by atoms with Crippen LogP contribution in [0.25, 0.3) is 0 Å². The molecule has 0 spiro atoms. The molecule has 2 rings (SSSR count). The Morgan fingerprint density at radius 1 is 1.35 bits per heavy atom. The van der Waals surface area contributed by atoms with Gasteiger partial charge in [0.25, 0.3) is 0 Å². The van der Waals surface area contributed by atoms with E-state index in [2.05, 4.69) is 15.0 Å². The highest BCUT2D eigenvalue weighted by atomic mass is 16.1. The van der Waals surface area contributed by atoms with Crippen LogP contribution in [0, 0.1) is 6.92 Å². The molecular weight excluding hydrogens is 214 g/mol. The first-order valence-electron chi connectivity index (χ1n) is 5.39. The number of Topliss-reactive ketones (excluding diaryl/α,β-unsaturated/α-hetero) is 1. The first kappa shape index (κ1) is 11.4. The zero-order chi connectivity index (χ0) is 12.3. The minimum Gasteiger partial charge on any atom is -0.294 e. The van der Waals surface area contributed by atoms with Crippen LogP contribution in [-0.4, -0.2) is 20.7 Å². The van der Waals surface area contributed by atoms with E-state index in [1.165, 1.54) is 6.92 Å². The van der Waals surface area contributed by atoms with Crippen LogP contribution in [0.4, 0.5) is 0 Å². The Kier molecular flexibility index (Phi) is 3.23. The number of ketones is 1. The summed E-state index contributed by atoms with van der Waals surface area (Å²) in [6.07, 6.45) is 5.75. The second-order valence-electron chi connectivity index (χ2n) is 3.88. The first-order valence-corrected chi connectivity index (χ1v) is 5.39. The maximum atomic E-state index is 11.2. The summed E-state index contributed by atoms with van der Waals surface area (Å²) in [6.45, 7) is 3.34. The van der Waals surface area contributed by atoms with E-state index in [9.17, 15) is 4.79 Å². The first-order chi connectivity index (χ1) is 8.16. The highest BCUT2D eigenvalue weighted by molar-refractivity contribution is 5.94. The summed E-state index contributed by atoms with van der Waals surface area (Å²) in [4.78, 5) is 23.8. The average Bonchev–Trinajstić information content (AvgIpc) is 2.30. The molecule has 86 valence electrons. The quantitative estimate of drug-likeness (QED) is 0.752. The smallest absolute Gasteiger partial charge is 0.163 e. The molecule has 0 N–H and O–H groups in total. The number of nitrogens with zero attached hydrogens (tertiary/aromatic N) is 3. The molecule has 0 saturated carbocycles. The summed E-state index contributed by atoms with van der Waals surface area (Å²) in [5, 5.41) is 0. The molecular formula is C13H13N3O. The standard InChI is InChI=1S/C13H13N3O/c1-9-12(10(2)17)8-15-13(16-9)6-11-4-3-5-14-7-11/h3-5,7-8H,6H2,1-2H3. The normalized spacial score (nSPS) is 10.2. The van der Waals surface area contributed by atoms with Gasteiger partial charge in [0, 0.05) is 25.0 Å². The van der Waals surface area contributed by atoms with Gasteiger partial charge in [-0.3, -0.25) is 9.78 Å². The van der Waals surface area contributed by atoms with Gasteiger partial charge in [0.2, 0.25) is 0 Å². The van der Waals surface area contributed by atoms with Crippen molar-refractivity contribution >= 4 is 5.78 Å². The van der Waals surface area contributed by atoms with E-state index in [0.717, 1.165) is 11.3 Å². The van der Waals surface area contributed by atoms with Crippen molar-refractivity contribution in [2.75, 3.05) is 0 Å². The van der Waals surface area contributed by atoms with Crippen molar-refractivity contribution in [3.05, 3.63) is 53.4 Å². The van der Waals surface area contributed by atoms with Crippen molar-refractivity contribution in [2.24, 2.45) is 0 Å². The Morgan fingerprint density at radius 3 is 2.76 bits per heavy atom. The van der Waals surface area contributed by atoms with Crippen LogP contribution in [0.1, 0.15) is 34.4 Å². The van der Waals surface area contributed by atoms with Gasteiger partial charge >= 0.3 is 0 Å². The summed E-state index contributed by atoms with van der Waals surface area (Å²) >= 11 is 0. The van der Waals surface area contributed by atoms with Crippen molar-refractivity contribution in [3.63, 3.8) is 0 Å². The Balaban J connectivity index is 2.24. The van der Waals surface area contributed by atoms with Crippen LogP contribution >= 0.6 is 0 Å². The van der Waals surface area contributed by atoms with Crippen molar-refractivity contribution in [2.45, 2.75) is 20.3 Å². The molecule has 0 saturated heterocycles. The van der Waals surface area contributed by atoms with E-state index in [1.807, 2.05) is 19.1 Å². The van der Waals surface area contributed by atoms with Crippen molar-refractivity contribution < 1.29 is 4.79 Å². The number of carbonyl (C=O) groups is 1. The van der Waals surface area contributed by atoms with Gasteiger partial charge in [0.05, 0.1) is 11.3 Å². The van der Waals surface area contributed by atoms with Crippen molar-refractivity contribution in [1.29, 1.82) is 0 Å². The van der Waals surface area contributed by atoms with E-state index in [0.29, 0.717) is 17.8 Å². The summed E-state index contributed by atoms with van der Waals surface area (Å²) in [7, 11) is 0. The number of hydrogen-bond donors (Lipinski definition) is 0. The molecule has 2 aromatic rings. The van der Waals surface area contributed by atoms with Gasteiger partial charge in [0.1, 0.15) is 5.82 Å². The van der Waals surface area contributed by atoms with Gasteiger partial charge in [-0.15, -0.1) is 0 Å². The Labute approximate surface area is 99.8 Å². The van der Waals surface area contributed by atoms with E-state index in [4.69, 9.17) is 0 Å². The second kappa shape index (κ2) is 4.82. The van der Waals surface area contributed by atoms with Crippen LogP contribution in [-0.2, 0) is 6.42 Å². The van der Waals surface area contributed by atoms with Gasteiger partial charge in [-0.25, -0.2) is 9.97 Å². The van der Waals surface area contributed by atoms with E-state index in [1.54, 1.807) is 18.6 Å². The Hall–Kier alpha value is -2.10. The van der Waals surface area contributed by atoms with Gasteiger partial charge in [0.15, 0.2) is 5.78 Å². The second-order valence-corrected chi connectivity index (χ2v) is 3.88. The molecule has 0 radical (unpaired) electrons. The van der Waals surface area contributed by atoms with E-state index < -0.39 is 0 Å². The molecule has 0 aliphatic rings. The molecule has 0 bridgehead atoms. The van der Waals surface area contributed by atoms with Crippen LogP contribution < -0.4 is 0 Å². The van der Waals surface area contributed by atoms with Gasteiger partial charge < -0.3 is 0 Å². The lowest BCUT2D eigenvalue weighted by Gasteiger charge is -2.04. The maximum absolute atomic E-state index is 11.2. The van der Waals surface area contributed by atoms with Gasteiger partial charge in [-0.1, -0.05) is 6.07 Å². The number of pyridine rings is 1. The Bertz CT molecular complexity index is 538. The largest absolute Gasteiger partial charge is 0.294 e. The molecule has 4 heteroatoms. The maximum Gasteiger partial charge on any atom is 0.163 e. The molecule has 0 unspecified atom stereocenters. The van der Waals surface area contributed by atoms with Crippen LogP contribution in [0.3, 0.4) is 0 Å². The SMILES string of the molecule is CC(=O)c1cnc(Cc2cccnc2)nc1C. The molecule has 17 heavy (non-hydrogen) atoms. The fourth-order valence-electron chi connectivity index (χ4n) is 1.63. The summed E-state index contributed by atoms with van der Waals surface area (Å²) < 4.78 is 0. The van der Waals surface area contributed by atoms with Crippen LogP contribution in [0.15, 0.2) is 30.7 Å². The number of aromatic nitrogens is 3. The average molecular weight is 227 g/mol. The molecule has 0 atom stereocenters. The molecule has 4 nitrogen and oxygen atoms in total. The molecule has 2 heterocycles. The number of hydrogen-bond acceptors (Lipinski definition) is 4. The summed E-state index contributed by atoms with van der Waals surface area (Å²) in [5.41, 5.74) is 2.37. The van der Waals surface area contributed by atoms with Crippen molar-refractivity contribution in [1.82, 2.24) is 15.0 Å². The van der Waals surface area contributed by atoms with Gasteiger partial charge in [-0.2, -0.15) is 0 Å². The number of carbonyl (C=O) groups excluding carboxylic acids is 1. The molecule has 2 aromatic heterocycles. The summed E-state index contributed by atoms with van der Waals surface area (Å²) in [5.74, 6) is 0.705. The summed E-state index contributed by atoms with van der Waals surface area (Å²) in [6, 6.07) is 3.86.